The summed E-state index contributed by atoms with van der Waals surface area (Å²) in [7, 11) is 0. The van der Waals surface area contributed by atoms with Crippen molar-refractivity contribution in [3.8, 4) is 29.1 Å². The van der Waals surface area contributed by atoms with Gasteiger partial charge in [-0.2, -0.15) is 13.2 Å². The Morgan fingerprint density at radius 1 is 1.27 bits per heavy atom. The summed E-state index contributed by atoms with van der Waals surface area (Å²) in [5.41, 5.74) is 0.763. The molecule has 4 aliphatic rings. The zero-order chi connectivity index (χ0) is 32.3. The summed E-state index contributed by atoms with van der Waals surface area (Å²) >= 11 is 0. The molecule has 238 valence electrons. The molecule has 2 N–H and O–H groups in total. The van der Waals surface area contributed by atoms with E-state index in [9.17, 15) is 27.9 Å². The van der Waals surface area contributed by atoms with Gasteiger partial charge < -0.3 is 24.4 Å². The number of nitrogens with one attached hydrogen (secondary N) is 1. The number of nitrogens with zero attached hydrogens (tertiary/aromatic N) is 1. The van der Waals surface area contributed by atoms with Crippen LogP contribution in [-0.4, -0.2) is 59.3 Å². The quantitative estimate of drug-likeness (QED) is 0.151. The number of ether oxygens (including phenoxy) is 2. The number of quaternary nitrogens is 1. The number of halogens is 3. The number of alkyl halides is 3. The molecule has 0 aromatic heterocycles. The zero-order valence-electron chi connectivity index (χ0n) is 25.7. The number of phenols is 1. The molecule has 1 saturated heterocycles. The molecule has 1 spiro atoms. The van der Waals surface area contributed by atoms with Crippen LogP contribution in [-0.2, 0) is 27.6 Å². The maximum atomic E-state index is 13.1. The van der Waals surface area contributed by atoms with Crippen molar-refractivity contribution < 1.29 is 41.8 Å². The van der Waals surface area contributed by atoms with Gasteiger partial charge in [0, 0.05) is 60.3 Å². The van der Waals surface area contributed by atoms with Crippen LogP contribution in [0.1, 0.15) is 62.3 Å². The van der Waals surface area contributed by atoms with Gasteiger partial charge in [0.15, 0.2) is 11.5 Å². The van der Waals surface area contributed by atoms with Gasteiger partial charge in [0.25, 0.3) is 5.91 Å². The summed E-state index contributed by atoms with van der Waals surface area (Å²) in [6.07, 6.45) is -0.0608. The molecule has 6 rings (SSSR count). The van der Waals surface area contributed by atoms with Crippen LogP contribution >= 0.6 is 0 Å². The monoisotopic (exact) mass is 623 g/mol. The summed E-state index contributed by atoms with van der Waals surface area (Å²) < 4.78 is 51.9. The molecule has 2 aromatic carbocycles. The standard InChI is InChI=1S/C35H37F3N2O5/c1-5-15-40(19-20(2)3)16-14-34-25-11-12-26(39-30(43)13-8-22-6-9-23(10-7-22)35(36,37)38)33(34)45-32-28(42)18-29(44-21(4)41)24(31(32)34)17-27(25)40/h5-7,9-10,18,20,25-27,33H,1,11-12,14-17,19H2,2-4H3,(H-,39,42,43)/p+1/t25-,26-,27+,33-,34-,40?/m0/s1. The summed E-state index contributed by atoms with van der Waals surface area (Å²) in [5, 5.41) is 14.2. The topological polar surface area (TPSA) is 84.9 Å². The van der Waals surface area contributed by atoms with Gasteiger partial charge in [-0.1, -0.05) is 26.3 Å². The van der Waals surface area contributed by atoms with E-state index in [1.54, 1.807) is 0 Å². The number of carbonyl (C=O) groups is 2. The summed E-state index contributed by atoms with van der Waals surface area (Å²) in [6, 6.07) is 5.59. The van der Waals surface area contributed by atoms with E-state index < -0.39 is 41.2 Å². The van der Waals surface area contributed by atoms with Gasteiger partial charge in [-0.15, -0.1) is 0 Å². The highest BCUT2D eigenvalue weighted by Gasteiger charge is 2.70. The fourth-order valence-electron chi connectivity index (χ4n) is 8.93. The Labute approximate surface area is 261 Å². The number of rotatable bonds is 6. The van der Waals surface area contributed by atoms with E-state index in [2.05, 4.69) is 37.6 Å². The number of amides is 1. The third kappa shape index (κ3) is 5.15. The van der Waals surface area contributed by atoms with Crippen LogP contribution < -0.4 is 14.8 Å². The first-order valence-electron chi connectivity index (χ1n) is 15.5. The van der Waals surface area contributed by atoms with E-state index in [-0.39, 0.29) is 17.7 Å². The number of piperidine rings is 1. The number of esters is 1. The Kier molecular flexibility index (Phi) is 7.67. The van der Waals surface area contributed by atoms with Crippen molar-refractivity contribution in [2.75, 3.05) is 19.6 Å². The number of phenolic OH excluding ortho intramolecular Hbond substituents is 1. The Bertz CT molecular complexity index is 1610. The van der Waals surface area contributed by atoms with Crippen LogP contribution in [0.3, 0.4) is 0 Å². The van der Waals surface area contributed by atoms with Crippen LogP contribution in [0, 0.1) is 23.7 Å². The lowest BCUT2D eigenvalue weighted by Gasteiger charge is -2.63. The van der Waals surface area contributed by atoms with Crippen LogP contribution in [0.2, 0.25) is 0 Å². The minimum absolute atomic E-state index is 0.0993. The number of aromatic hydroxyl groups is 1. The van der Waals surface area contributed by atoms with Crippen molar-refractivity contribution in [3.05, 3.63) is 65.2 Å². The van der Waals surface area contributed by atoms with Crippen LogP contribution in [0.15, 0.2) is 43.0 Å². The SMILES string of the molecule is C=CC[N+]1(CC(C)C)CC[C@]23c4c5c(OC(C)=O)cc(O)c4O[C@H]2[C@@H](NC(=O)C#Cc2ccc(C(F)(F)F)cc2)CC[C@H]3[C@H]1C5. The van der Waals surface area contributed by atoms with Crippen molar-refractivity contribution in [2.24, 2.45) is 11.8 Å². The first-order valence-corrected chi connectivity index (χ1v) is 15.5. The van der Waals surface area contributed by atoms with E-state index in [4.69, 9.17) is 9.47 Å². The Hall–Kier alpha value is -3.97. The average Bonchev–Trinajstić information content (AvgIpc) is 3.31. The average molecular weight is 624 g/mol. The van der Waals surface area contributed by atoms with Gasteiger partial charge in [-0.25, -0.2) is 0 Å². The molecule has 1 unspecified atom stereocenters. The Morgan fingerprint density at radius 2 is 2.00 bits per heavy atom. The first-order chi connectivity index (χ1) is 21.3. The van der Waals surface area contributed by atoms with Gasteiger partial charge in [0.2, 0.25) is 0 Å². The molecule has 2 aromatic rings. The fraction of sp³-hybridized carbons (Fsp3) is 0.486. The lowest BCUT2D eigenvalue weighted by Crippen LogP contribution is -2.74. The number of benzene rings is 2. The normalized spacial score (nSPS) is 29.1. The maximum absolute atomic E-state index is 13.1. The van der Waals surface area contributed by atoms with Gasteiger partial charge in [0.1, 0.15) is 11.9 Å². The summed E-state index contributed by atoms with van der Waals surface area (Å²) in [5.74, 6) is 5.45. The fourth-order valence-corrected chi connectivity index (χ4v) is 8.93. The second kappa shape index (κ2) is 11.1. The highest BCUT2D eigenvalue weighted by Crippen LogP contribution is 2.66. The van der Waals surface area contributed by atoms with Gasteiger partial charge >= 0.3 is 12.1 Å². The molecular formula is C35H38F3N2O5+. The molecule has 2 aliphatic heterocycles. The number of likely N-dealkylation sites (tertiary alicyclic amines) is 1. The number of carbonyl (C=O) groups excluding carboxylic acids is 2. The van der Waals surface area contributed by atoms with E-state index in [1.165, 1.54) is 25.1 Å². The van der Waals surface area contributed by atoms with Gasteiger partial charge in [-0.3, -0.25) is 9.59 Å². The first kappa shape index (κ1) is 31.0. The van der Waals surface area contributed by atoms with E-state index in [0.29, 0.717) is 35.8 Å². The van der Waals surface area contributed by atoms with E-state index in [0.717, 1.165) is 60.2 Å². The zero-order valence-corrected chi connectivity index (χ0v) is 25.7. The molecular weight excluding hydrogens is 585 g/mol. The van der Waals surface area contributed by atoms with Crippen molar-refractivity contribution in [3.63, 3.8) is 0 Å². The molecule has 7 nitrogen and oxygen atoms in total. The minimum Gasteiger partial charge on any atom is -0.504 e. The Morgan fingerprint density at radius 3 is 2.64 bits per heavy atom. The predicted octanol–water partition coefficient (Wildman–Crippen LogP) is 5.27. The van der Waals surface area contributed by atoms with Crippen LogP contribution in [0.5, 0.6) is 17.2 Å². The van der Waals surface area contributed by atoms with E-state index in [1.807, 2.05) is 6.08 Å². The molecule has 2 heterocycles. The molecule has 10 heteroatoms. The lowest BCUT2D eigenvalue weighted by atomic mass is 9.50. The van der Waals surface area contributed by atoms with E-state index >= 15 is 0 Å². The summed E-state index contributed by atoms with van der Waals surface area (Å²) in [4.78, 5) is 25.3. The molecule has 6 atom stereocenters. The predicted molar refractivity (Wildman–Crippen MR) is 160 cm³/mol. The molecule has 0 radical (unpaired) electrons. The van der Waals surface area contributed by atoms with Crippen molar-refractivity contribution in [2.45, 2.75) is 76.2 Å². The molecule has 1 saturated carbocycles. The van der Waals surface area contributed by atoms with Crippen molar-refractivity contribution in [1.29, 1.82) is 0 Å². The third-order valence-corrected chi connectivity index (χ3v) is 10.2. The Balaban J connectivity index is 1.36. The van der Waals surface area contributed by atoms with Gasteiger partial charge in [0.05, 0.1) is 42.7 Å². The molecule has 2 aliphatic carbocycles. The molecule has 1 amide bonds. The highest BCUT2D eigenvalue weighted by atomic mass is 19.4. The molecule has 2 fully saturated rings. The summed E-state index contributed by atoms with van der Waals surface area (Å²) in [6.45, 7) is 12.5. The van der Waals surface area contributed by atoms with Crippen LogP contribution in [0.25, 0.3) is 0 Å². The second-order valence-electron chi connectivity index (χ2n) is 13.3. The second-order valence-corrected chi connectivity index (χ2v) is 13.3. The molecule has 45 heavy (non-hydrogen) atoms. The number of hydrogen-bond acceptors (Lipinski definition) is 5. The van der Waals surface area contributed by atoms with Crippen LogP contribution in [0.4, 0.5) is 13.2 Å². The smallest absolute Gasteiger partial charge is 0.416 e. The largest absolute Gasteiger partial charge is 0.504 e. The van der Waals surface area contributed by atoms with Gasteiger partial charge in [-0.05, 0) is 43.2 Å². The highest BCUT2D eigenvalue weighted by molar-refractivity contribution is 5.94. The maximum Gasteiger partial charge on any atom is 0.416 e. The minimum atomic E-state index is -4.45. The lowest BCUT2D eigenvalue weighted by molar-refractivity contribution is -0.960. The molecule has 2 bridgehead atoms. The third-order valence-electron chi connectivity index (χ3n) is 10.2. The number of hydrogen-bond donors (Lipinski definition) is 2. The van der Waals surface area contributed by atoms with Crippen molar-refractivity contribution in [1.82, 2.24) is 5.32 Å². The van der Waals surface area contributed by atoms with Crippen molar-refractivity contribution >= 4 is 11.9 Å².